The molecule has 1 N–H and O–H groups in total. The Morgan fingerprint density at radius 3 is 2.29 bits per heavy atom. The van der Waals surface area contributed by atoms with E-state index in [0.717, 1.165) is 57.6 Å². The lowest BCUT2D eigenvalue weighted by atomic mass is 9.92. The summed E-state index contributed by atoms with van der Waals surface area (Å²) < 4.78 is 0. The van der Waals surface area contributed by atoms with Gasteiger partial charge in [-0.1, -0.05) is 0 Å². The summed E-state index contributed by atoms with van der Waals surface area (Å²) in [4.78, 5) is 18.2. The summed E-state index contributed by atoms with van der Waals surface area (Å²) in [7, 11) is 0. The van der Waals surface area contributed by atoms with Crippen LogP contribution in [0.1, 0.15) is 24.5 Å². The van der Waals surface area contributed by atoms with E-state index in [-0.39, 0.29) is 0 Å². The summed E-state index contributed by atoms with van der Waals surface area (Å²) in [6.45, 7) is 6.23. The molecule has 0 saturated carbocycles. The molecule has 2 aliphatic heterocycles. The first-order valence-corrected chi connectivity index (χ1v) is 10.2. The van der Waals surface area contributed by atoms with Crippen molar-refractivity contribution in [2.45, 2.75) is 18.8 Å². The molecular formula is C22H26N6. The maximum atomic E-state index is 4.65. The Balaban J connectivity index is 1.34. The molecule has 0 atom stereocenters. The van der Waals surface area contributed by atoms with Crippen LogP contribution in [0.2, 0.25) is 0 Å². The number of pyridine rings is 1. The Kier molecular flexibility index (Phi) is 4.79. The number of nitrogens with one attached hydrogen (secondary N) is 1. The van der Waals surface area contributed by atoms with Gasteiger partial charge in [0.05, 0.1) is 11.2 Å². The van der Waals surface area contributed by atoms with E-state index >= 15 is 0 Å². The fourth-order valence-corrected chi connectivity index (χ4v) is 4.46. The van der Waals surface area contributed by atoms with Crippen molar-refractivity contribution in [3.05, 3.63) is 54.7 Å². The number of anilines is 2. The zero-order chi connectivity index (χ0) is 18.8. The minimum absolute atomic E-state index is 0.543. The maximum Gasteiger partial charge on any atom is 0.116 e. The van der Waals surface area contributed by atoms with Gasteiger partial charge in [0, 0.05) is 61.3 Å². The molecule has 144 valence electrons. The maximum absolute atomic E-state index is 4.65. The first-order valence-electron chi connectivity index (χ1n) is 10.2. The average molecular weight is 374 g/mol. The van der Waals surface area contributed by atoms with Crippen molar-refractivity contribution in [3.8, 4) is 0 Å². The molecule has 0 aliphatic carbocycles. The molecule has 2 aromatic heterocycles. The van der Waals surface area contributed by atoms with Gasteiger partial charge in [0.2, 0.25) is 0 Å². The van der Waals surface area contributed by atoms with Gasteiger partial charge < -0.3 is 15.1 Å². The predicted octanol–water partition coefficient (Wildman–Crippen LogP) is 2.82. The number of aromatic nitrogens is 3. The monoisotopic (exact) mass is 374 g/mol. The lowest BCUT2D eigenvalue weighted by Gasteiger charge is -2.37. The van der Waals surface area contributed by atoms with Gasteiger partial charge in [0.15, 0.2) is 0 Å². The van der Waals surface area contributed by atoms with E-state index < -0.39 is 0 Å². The van der Waals surface area contributed by atoms with Crippen LogP contribution in [0.25, 0.3) is 10.9 Å². The number of benzene rings is 1. The van der Waals surface area contributed by atoms with Gasteiger partial charge in [-0.15, -0.1) is 0 Å². The van der Waals surface area contributed by atoms with Crippen molar-refractivity contribution in [1.29, 1.82) is 0 Å². The number of hydrogen-bond acceptors (Lipinski definition) is 6. The average Bonchev–Trinajstić information content (AvgIpc) is 2.79. The first kappa shape index (κ1) is 17.4. The number of piperidine rings is 1. The van der Waals surface area contributed by atoms with E-state index in [2.05, 4.69) is 60.4 Å². The normalized spacial score (nSPS) is 18.6. The lowest BCUT2D eigenvalue weighted by molar-refractivity contribution is 0.455. The second-order valence-electron chi connectivity index (χ2n) is 7.66. The van der Waals surface area contributed by atoms with Crippen LogP contribution in [0, 0.1) is 0 Å². The summed E-state index contributed by atoms with van der Waals surface area (Å²) in [6.07, 6.45) is 7.79. The third kappa shape index (κ3) is 3.40. The highest BCUT2D eigenvalue weighted by molar-refractivity contribution is 5.84. The Morgan fingerprint density at radius 1 is 0.821 bits per heavy atom. The summed E-state index contributed by atoms with van der Waals surface area (Å²) >= 11 is 0. The molecule has 2 aliphatic rings. The quantitative estimate of drug-likeness (QED) is 0.761. The number of piperazine rings is 1. The number of nitrogens with zero attached hydrogens (tertiary/aromatic N) is 5. The largest absolute Gasteiger partial charge is 0.368 e. The topological polar surface area (TPSA) is 57.2 Å². The van der Waals surface area contributed by atoms with E-state index in [1.807, 2.05) is 12.4 Å². The van der Waals surface area contributed by atoms with Gasteiger partial charge in [0.25, 0.3) is 0 Å². The fraction of sp³-hybridized carbons (Fsp3) is 0.409. The van der Waals surface area contributed by atoms with Crippen molar-refractivity contribution in [2.24, 2.45) is 0 Å². The second-order valence-corrected chi connectivity index (χ2v) is 7.66. The molecule has 0 amide bonds. The molecule has 0 spiro atoms. The first-order chi connectivity index (χ1) is 13.9. The number of rotatable bonds is 3. The zero-order valence-electron chi connectivity index (χ0n) is 16.1. The highest BCUT2D eigenvalue weighted by Gasteiger charge is 2.21. The van der Waals surface area contributed by atoms with Crippen molar-refractivity contribution >= 4 is 22.3 Å². The highest BCUT2D eigenvalue weighted by atomic mass is 15.3. The fourth-order valence-electron chi connectivity index (χ4n) is 4.46. The molecule has 0 bridgehead atoms. The molecular weight excluding hydrogens is 348 g/mol. The molecule has 1 aromatic carbocycles. The summed E-state index contributed by atoms with van der Waals surface area (Å²) in [5.41, 5.74) is 4.81. The van der Waals surface area contributed by atoms with Crippen LogP contribution in [-0.2, 0) is 0 Å². The molecule has 2 saturated heterocycles. The van der Waals surface area contributed by atoms with Gasteiger partial charge >= 0.3 is 0 Å². The van der Waals surface area contributed by atoms with Crippen LogP contribution in [0.5, 0.6) is 0 Å². The Labute approximate surface area is 165 Å². The SMILES string of the molecule is c1cc(N2CCN(c3ccc4c(C5CCNCC5)ncnc4c3)CC2)ccn1. The molecule has 6 heteroatoms. The van der Waals surface area contributed by atoms with E-state index in [4.69, 9.17) is 0 Å². The Hall–Kier alpha value is -2.73. The summed E-state index contributed by atoms with van der Waals surface area (Å²) in [6, 6.07) is 10.9. The standard InChI is InChI=1S/C22H26N6/c1-2-20-21(25-16-26-22(20)17-3-7-23-8-4-17)15-19(1)28-13-11-27(12-14-28)18-5-9-24-10-6-18/h1-2,5-6,9-10,15-17,23H,3-4,7-8,11-14H2. The molecule has 2 fully saturated rings. The van der Waals surface area contributed by atoms with Crippen LogP contribution in [0.4, 0.5) is 11.4 Å². The Bertz CT molecular complexity index is 930. The second kappa shape index (κ2) is 7.72. The van der Waals surface area contributed by atoms with Crippen LogP contribution in [0.15, 0.2) is 49.1 Å². The van der Waals surface area contributed by atoms with Gasteiger partial charge in [-0.25, -0.2) is 9.97 Å². The summed E-state index contributed by atoms with van der Waals surface area (Å²) in [5.74, 6) is 0.543. The molecule has 0 unspecified atom stereocenters. The van der Waals surface area contributed by atoms with Gasteiger partial charge in [-0.2, -0.15) is 0 Å². The van der Waals surface area contributed by atoms with Crippen LogP contribution in [0.3, 0.4) is 0 Å². The van der Waals surface area contributed by atoms with Crippen LogP contribution >= 0.6 is 0 Å². The van der Waals surface area contributed by atoms with Gasteiger partial charge in [-0.3, -0.25) is 4.98 Å². The number of fused-ring (bicyclic) bond motifs is 1. The lowest BCUT2D eigenvalue weighted by Crippen LogP contribution is -2.46. The van der Waals surface area contributed by atoms with Crippen LogP contribution in [-0.4, -0.2) is 54.2 Å². The minimum Gasteiger partial charge on any atom is -0.368 e. The number of hydrogen-bond donors (Lipinski definition) is 1. The van der Waals surface area contributed by atoms with E-state index in [0.29, 0.717) is 5.92 Å². The predicted molar refractivity (Wildman–Crippen MR) is 113 cm³/mol. The van der Waals surface area contributed by atoms with Crippen molar-refractivity contribution in [1.82, 2.24) is 20.3 Å². The molecule has 5 rings (SSSR count). The van der Waals surface area contributed by atoms with Crippen molar-refractivity contribution in [2.75, 3.05) is 49.1 Å². The van der Waals surface area contributed by atoms with E-state index in [1.165, 1.54) is 22.5 Å². The van der Waals surface area contributed by atoms with Crippen LogP contribution < -0.4 is 15.1 Å². The van der Waals surface area contributed by atoms with E-state index in [9.17, 15) is 0 Å². The molecule has 3 aromatic rings. The molecule has 6 nitrogen and oxygen atoms in total. The van der Waals surface area contributed by atoms with Gasteiger partial charge in [-0.05, 0) is 56.3 Å². The zero-order valence-corrected chi connectivity index (χ0v) is 16.1. The third-order valence-electron chi connectivity index (χ3n) is 6.05. The van der Waals surface area contributed by atoms with Gasteiger partial charge in [0.1, 0.15) is 6.33 Å². The minimum atomic E-state index is 0.543. The van der Waals surface area contributed by atoms with Crippen molar-refractivity contribution in [3.63, 3.8) is 0 Å². The molecule has 0 radical (unpaired) electrons. The summed E-state index contributed by atoms with van der Waals surface area (Å²) in [5, 5.41) is 4.66. The highest BCUT2D eigenvalue weighted by Crippen LogP contribution is 2.31. The molecule has 28 heavy (non-hydrogen) atoms. The smallest absolute Gasteiger partial charge is 0.116 e. The van der Waals surface area contributed by atoms with Crippen molar-refractivity contribution < 1.29 is 0 Å². The molecule has 4 heterocycles. The third-order valence-corrected chi connectivity index (χ3v) is 6.05. The van der Waals surface area contributed by atoms with E-state index in [1.54, 1.807) is 6.33 Å². The Morgan fingerprint density at radius 2 is 1.54 bits per heavy atom.